The van der Waals surface area contributed by atoms with Crippen LogP contribution < -0.4 is 0 Å². The highest BCUT2D eigenvalue weighted by atomic mass is 15.4. The van der Waals surface area contributed by atoms with Gasteiger partial charge in [0.15, 0.2) is 0 Å². The van der Waals surface area contributed by atoms with E-state index in [1.54, 1.807) is 4.68 Å². The molecule has 0 radical (unpaired) electrons. The van der Waals surface area contributed by atoms with Crippen LogP contribution in [0.5, 0.6) is 0 Å². The molecule has 0 spiro atoms. The molecule has 0 bridgehead atoms. The van der Waals surface area contributed by atoms with Gasteiger partial charge in [0.05, 0.1) is 5.52 Å². The summed E-state index contributed by atoms with van der Waals surface area (Å²) in [6.07, 6.45) is 3.94. The van der Waals surface area contributed by atoms with Crippen molar-refractivity contribution in [3.8, 4) is 0 Å². The van der Waals surface area contributed by atoms with Crippen LogP contribution in [0, 0.1) is 0 Å². The number of aromatic nitrogens is 3. The van der Waals surface area contributed by atoms with Crippen LogP contribution in [0.1, 0.15) is 5.56 Å². The van der Waals surface area contributed by atoms with Crippen molar-refractivity contribution in [2.75, 3.05) is 0 Å². The molecule has 0 fully saturated rings. The van der Waals surface area contributed by atoms with E-state index in [0.717, 1.165) is 16.6 Å². The molecular formula is C14H11N3. The smallest absolute Gasteiger partial charge is 0.113 e. The van der Waals surface area contributed by atoms with Gasteiger partial charge in [0, 0.05) is 6.20 Å². The van der Waals surface area contributed by atoms with Crippen molar-refractivity contribution in [3.05, 3.63) is 60.2 Å². The summed E-state index contributed by atoms with van der Waals surface area (Å²) in [5.41, 5.74) is 3.07. The van der Waals surface area contributed by atoms with Gasteiger partial charge in [-0.05, 0) is 23.8 Å². The Kier molecular flexibility index (Phi) is 2.43. The van der Waals surface area contributed by atoms with Gasteiger partial charge in [-0.2, -0.15) is 0 Å². The van der Waals surface area contributed by atoms with E-state index in [2.05, 4.69) is 22.4 Å². The van der Waals surface area contributed by atoms with Gasteiger partial charge >= 0.3 is 0 Å². The van der Waals surface area contributed by atoms with E-state index >= 15 is 0 Å². The Morgan fingerprint density at radius 2 is 1.65 bits per heavy atom. The second kappa shape index (κ2) is 4.22. The van der Waals surface area contributed by atoms with Crippen molar-refractivity contribution in [3.63, 3.8) is 0 Å². The fraction of sp³-hybridized carbons (Fsp3) is 0. The first-order valence-corrected chi connectivity index (χ1v) is 5.47. The van der Waals surface area contributed by atoms with E-state index in [-0.39, 0.29) is 0 Å². The Morgan fingerprint density at radius 1 is 0.882 bits per heavy atom. The van der Waals surface area contributed by atoms with Crippen molar-refractivity contribution in [2.45, 2.75) is 0 Å². The van der Waals surface area contributed by atoms with Gasteiger partial charge in [-0.1, -0.05) is 47.7 Å². The Labute approximate surface area is 99.0 Å². The van der Waals surface area contributed by atoms with Crippen LogP contribution in [0.2, 0.25) is 0 Å². The maximum atomic E-state index is 4.09. The number of benzene rings is 2. The number of hydrogen-bond donors (Lipinski definition) is 0. The van der Waals surface area contributed by atoms with Crippen LogP contribution in [0.25, 0.3) is 23.3 Å². The number of nitrogens with zero attached hydrogens (tertiary/aromatic N) is 3. The van der Waals surface area contributed by atoms with Crippen LogP contribution in [-0.4, -0.2) is 15.0 Å². The highest BCUT2D eigenvalue weighted by Crippen LogP contribution is 2.11. The van der Waals surface area contributed by atoms with Crippen LogP contribution in [0.4, 0.5) is 0 Å². The lowest BCUT2D eigenvalue weighted by Gasteiger charge is -1.94. The maximum absolute atomic E-state index is 4.09. The second-order valence-corrected chi connectivity index (χ2v) is 3.75. The first-order chi connectivity index (χ1) is 8.43. The average Bonchev–Trinajstić information content (AvgIpc) is 2.81. The van der Waals surface area contributed by atoms with Crippen LogP contribution in [0.3, 0.4) is 0 Å². The van der Waals surface area contributed by atoms with Gasteiger partial charge in [0.1, 0.15) is 5.52 Å². The Balaban J connectivity index is 1.98. The van der Waals surface area contributed by atoms with Crippen LogP contribution >= 0.6 is 0 Å². The summed E-state index contributed by atoms with van der Waals surface area (Å²) in [5.74, 6) is 0. The zero-order valence-corrected chi connectivity index (χ0v) is 9.19. The van der Waals surface area contributed by atoms with Crippen molar-refractivity contribution in [1.29, 1.82) is 0 Å². The molecule has 1 heterocycles. The van der Waals surface area contributed by atoms with E-state index in [1.165, 1.54) is 0 Å². The molecular weight excluding hydrogens is 210 g/mol. The molecule has 0 atom stereocenters. The number of hydrogen-bond acceptors (Lipinski definition) is 2. The molecule has 0 amide bonds. The van der Waals surface area contributed by atoms with Gasteiger partial charge in [-0.25, -0.2) is 4.68 Å². The molecule has 0 aliphatic heterocycles. The molecule has 0 unspecified atom stereocenters. The topological polar surface area (TPSA) is 30.7 Å². The normalized spacial score (nSPS) is 11.3. The minimum Gasteiger partial charge on any atom is -0.220 e. The second-order valence-electron chi connectivity index (χ2n) is 3.75. The lowest BCUT2D eigenvalue weighted by atomic mass is 10.2. The monoisotopic (exact) mass is 221 g/mol. The summed E-state index contributed by atoms with van der Waals surface area (Å²) < 4.78 is 1.78. The van der Waals surface area contributed by atoms with Gasteiger partial charge in [0.25, 0.3) is 0 Å². The largest absolute Gasteiger partial charge is 0.220 e. The predicted molar refractivity (Wildman–Crippen MR) is 69.2 cm³/mol. The Hall–Kier alpha value is -2.42. The fourth-order valence-electron chi connectivity index (χ4n) is 1.72. The molecule has 1 aromatic heterocycles. The quantitative estimate of drug-likeness (QED) is 0.665. The fourth-order valence-corrected chi connectivity index (χ4v) is 1.72. The molecule has 17 heavy (non-hydrogen) atoms. The van der Waals surface area contributed by atoms with E-state index in [0.29, 0.717) is 0 Å². The summed E-state index contributed by atoms with van der Waals surface area (Å²) in [5, 5.41) is 8.18. The molecule has 3 aromatic rings. The van der Waals surface area contributed by atoms with Crippen molar-refractivity contribution in [2.24, 2.45) is 0 Å². The van der Waals surface area contributed by atoms with E-state index in [9.17, 15) is 0 Å². The van der Waals surface area contributed by atoms with Gasteiger partial charge < -0.3 is 0 Å². The van der Waals surface area contributed by atoms with Crippen molar-refractivity contribution >= 4 is 23.3 Å². The summed E-state index contributed by atoms with van der Waals surface area (Å²) in [7, 11) is 0. The molecule has 0 aliphatic rings. The minimum absolute atomic E-state index is 0.908. The van der Waals surface area contributed by atoms with E-state index in [1.807, 2.05) is 54.7 Å². The lowest BCUT2D eigenvalue weighted by Crippen LogP contribution is -1.88. The maximum Gasteiger partial charge on any atom is 0.113 e. The zero-order chi connectivity index (χ0) is 11.5. The van der Waals surface area contributed by atoms with Crippen molar-refractivity contribution in [1.82, 2.24) is 15.0 Å². The van der Waals surface area contributed by atoms with E-state index in [4.69, 9.17) is 0 Å². The highest BCUT2D eigenvalue weighted by Gasteiger charge is 1.98. The lowest BCUT2D eigenvalue weighted by molar-refractivity contribution is 0.863. The molecule has 2 aromatic carbocycles. The Morgan fingerprint density at radius 3 is 2.53 bits per heavy atom. The first-order valence-electron chi connectivity index (χ1n) is 5.47. The summed E-state index contributed by atoms with van der Waals surface area (Å²) >= 11 is 0. The SMILES string of the molecule is C(=Cn1nnc2ccccc21)c1ccccc1. The minimum atomic E-state index is 0.908. The third-order valence-corrected chi connectivity index (χ3v) is 2.59. The molecule has 0 aliphatic carbocycles. The summed E-state index contributed by atoms with van der Waals surface area (Å²) in [4.78, 5) is 0. The molecule has 3 rings (SSSR count). The average molecular weight is 221 g/mol. The van der Waals surface area contributed by atoms with E-state index < -0.39 is 0 Å². The third-order valence-electron chi connectivity index (χ3n) is 2.59. The molecule has 0 saturated carbocycles. The summed E-state index contributed by atoms with van der Waals surface area (Å²) in [6.45, 7) is 0. The number of para-hydroxylation sites is 1. The summed E-state index contributed by atoms with van der Waals surface area (Å²) in [6, 6.07) is 18.0. The van der Waals surface area contributed by atoms with Gasteiger partial charge in [-0.15, -0.1) is 5.10 Å². The molecule has 0 saturated heterocycles. The van der Waals surface area contributed by atoms with Gasteiger partial charge in [0.2, 0.25) is 0 Å². The van der Waals surface area contributed by atoms with Crippen molar-refractivity contribution < 1.29 is 0 Å². The number of rotatable bonds is 2. The third kappa shape index (κ3) is 1.95. The van der Waals surface area contributed by atoms with Crippen LogP contribution in [-0.2, 0) is 0 Å². The highest BCUT2D eigenvalue weighted by molar-refractivity contribution is 5.77. The standard InChI is InChI=1S/C14H11N3/c1-2-6-12(7-3-1)10-11-17-14-9-5-4-8-13(14)15-16-17/h1-11H. The van der Waals surface area contributed by atoms with Gasteiger partial charge in [-0.3, -0.25) is 0 Å². The first kappa shape index (κ1) is 9.78. The Bertz CT molecular complexity index is 653. The molecule has 3 heteroatoms. The number of fused-ring (bicyclic) bond motifs is 1. The molecule has 3 nitrogen and oxygen atoms in total. The van der Waals surface area contributed by atoms with Crippen LogP contribution in [0.15, 0.2) is 54.6 Å². The predicted octanol–water partition coefficient (Wildman–Crippen LogP) is 3.06. The molecule has 0 N–H and O–H groups in total. The molecule has 82 valence electrons. The zero-order valence-electron chi connectivity index (χ0n) is 9.19.